The van der Waals surface area contributed by atoms with Crippen molar-refractivity contribution >= 4 is 21.4 Å². The fraction of sp³-hybridized carbons (Fsp3) is 0.455. The van der Waals surface area contributed by atoms with Gasteiger partial charge in [0.1, 0.15) is 6.54 Å². The van der Waals surface area contributed by atoms with Gasteiger partial charge in [0.25, 0.3) is 0 Å². The molecule has 0 bridgehead atoms. The molecule has 2 rings (SSSR count). The number of hydrogen-bond acceptors (Lipinski definition) is 4. The summed E-state index contributed by atoms with van der Waals surface area (Å²) in [5.74, 6) is 0. The summed E-state index contributed by atoms with van der Waals surface area (Å²) in [4.78, 5) is 0.825. The molecule has 0 aliphatic heterocycles. The van der Waals surface area contributed by atoms with Crippen LogP contribution in [-0.4, -0.2) is 27.2 Å². The van der Waals surface area contributed by atoms with Gasteiger partial charge in [-0.3, -0.25) is 0 Å². The quantitative estimate of drug-likeness (QED) is 0.824. The van der Waals surface area contributed by atoms with E-state index in [0.29, 0.717) is 12.8 Å². The Balaban J connectivity index is 2.41. The van der Waals surface area contributed by atoms with Gasteiger partial charge in [0.2, 0.25) is 10.0 Å². The third-order valence-electron chi connectivity index (χ3n) is 2.91. The summed E-state index contributed by atoms with van der Waals surface area (Å²) in [7, 11) is -4.02. The zero-order chi connectivity index (χ0) is 15.1. The third-order valence-corrected chi connectivity index (χ3v) is 3.80. The minimum atomic E-state index is -4.38. The first-order valence-corrected chi connectivity index (χ1v) is 7.38. The maximum Gasteiger partial charge on any atom is 0.405 e. The Hall–Kier alpha value is -1.48. The normalized spacial score (nSPS) is 16.2. The molecule has 1 saturated carbocycles. The SMILES string of the molecule is Nc1cc(N(CC(F)(F)F)C2CC2)cc(S(N)(=O)=O)c1. The highest BCUT2D eigenvalue weighted by Gasteiger charge is 2.38. The van der Waals surface area contributed by atoms with E-state index in [1.165, 1.54) is 6.07 Å². The van der Waals surface area contributed by atoms with Crippen LogP contribution in [0.5, 0.6) is 0 Å². The lowest BCUT2D eigenvalue weighted by Gasteiger charge is -2.26. The molecule has 1 aromatic rings. The molecule has 0 heterocycles. The fourth-order valence-electron chi connectivity index (χ4n) is 1.95. The summed E-state index contributed by atoms with van der Waals surface area (Å²) in [6.07, 6.45) is -3.11. The first-order chi connectivity index (χ1) is 9.06. The van der Waals surface area contributed by atoms with Gasteiger partial charge in [-0.25, -0.2) is 13.6 Å². The molecule has 4 N–H and O–H groups in total. The number of hydrogen-bond donors (Lipinski definition) is 2. The predicted molar refractivity (Wildman–Crippen MR) is 68.7 cm³/mol. The van der Waals surface area contributed by atoms with Gasteiger partial charge < -0.3 is 10.6 Å². The second kappa shape index (κ2) is 4.81. The molecule has 0 atom stereocenters. The number of alkyl halides is 3. The van der Waals surface area contributed by atoms with Crippen LogP contribution in [0.1, 0.15) is 12.8 Å². The Kier molecular flexibility index (Phi) is 3.59. The fourth-order valence-corrected chi connectivity index (χ4v) is 2.53. The van der Waals surface area contributed by atoms with Crippen molar-refractivity contribution in [2.45, 2.75) is 30.0 Å². The van der Waals surface area contributed by atoms with Crippen LogP contribution in [-0.2, 0) is 10.0 Å². The van der Waals surface area contributed by atoms with Crippen LogP contribution in [0.25, 0.3) is 0 Å². The topological polar surface area (TPSA) is 89.4 Å². The van der Waals surface area contributed by atoms with Crippen LogP contribution in [0.3, 0.4) is 0 Å². The number of sulfonamides is 1. The Bertz CT molecular complexity index is 612. The monoisotopic (exact) mass is 309 g/mol. The maximum absolute atomic E-state index is 12.6. The number of nitrogen functional groups attached to an aromatic ring is 1. The van der Waals surface area contributed by atoms with Gasteiger partial charge in [0, 0.05) is 17.4 Å². The van der Waals surface area contributed by atoms with Gasteiger partial charge in [-0.15, -0.1) is 0 Å². The second-order valence-corrected chi connectivity index (χ2v) is 6.34. The Morgan fingerprint density at radius 2 is 1.85 bits per heavy atom. The van der Waals surface area contributed by atoms with Gasteiger partial charge in [0.15, 0.2) is 0 Å². The number of anilines is 2. The average molecular weight is 309 g/mol. The van der Waals surface area contributed by atoms with Crippen LogP contribution in [0, 0.1) is 0 Å². The molecule has 1 aliphatic rings. The molecule has 20 heavy (non-hydrogen) atoms. The maximum atomic E-state index is 12.6. The summed E-state index contributed by atoms with van der Waals surface area (Å²) in [6, 6.07) is 3.32. The lowest BCUT2D eigenvalue weighted by atomic mass is 10.2. The van der Waals surface area contributed by atoms with Crippen LogP contribution in [0.15, 0.2) is 23.1 Å². The van der Waals surface area contributed by atoms with Crippen molar-refractivity contribution < 1.29 is 21.6 Å². The number of rotatable bonds is 4. The van der Waals surface area contributed by atoms with E-state index >= 15 is 0 Å². The van der Waals surface area contributed by atoms with Crippen LogP contribution < -0.4 is 15.8 Å². The Morgan fingerprint density at radius 3 is 2.30 bits per heavy atom. The number of nitrogens with two attached hydrogens (primary N) is 2. The van der Waals surface area contributed by atoms with E-state index in [2.05, 4.69) is 0 Å². The lowest BCUT2D eigenvalue weighted by molar-refractivity contribution is -0.120. The summed E-state index contributed by atoms with van der Waals surface area (Å²) in [5, 5.41) is 4.99. The van der Waals surface area contributed by atoms with Crippen molar-refractivity contribution in [1.29, 1.82) is 0 Å². The van der Waals surface area contributed by atoms with E-state index in [9.17, 15) is 21.6 Å². The number of primary sulfonamides is 1. The van der Waals surface area contributed by atoms with E-state index in [0.717, 1.165) is 17.0 Å². The minimum Gasteiger partial charge on any atom is -0.399 e. The minimum absolute atomic E-state index is 0.0550. The van der Waals surface area contributed by atoms with E-state index < -0.39 is 22.7 Å². The zero-order valence-corrected chi connectivity index (χ0v) is 11.2. The van der Waals surface area contributed by atoms with Crippen LogP contribution >= 0.6 is 0 Å². The molecule has 5 nitrogen and oxygen atoms in total. The van der Waals surface area contributed by atoms with Crippen molar-refractivity contribution in [3.63, 3.8) is 0 Å². The molecule has 0 saturated heterocycles. The molecular weight excluding hydrogens is 295 g/mol. The van der Waals surface area contributed by atoms with Crippen LogP contribution in [0.2, 0.25) is 0 Å². The average Bonchev–Trinajstić information content (AvgIpc) is 3.06. The van der Waals surface area contributed by atoms with Gasteiger partial charge in [-0.05, 0) is 31.0 Å². The second-order valence-electron chi connectivity index (χ2n) is 4.78. The molecule has 1 fully saturated rings. The number of benzene rings is 1. The molecule has 0 aromatic heterocycles. The molecule has 112 valence electrons. The number of nitrogens with zero attached hydrogens (tertiary/aromatic N) is 1. The van der Waals surface area contributed by atoms with E-state index in [1.807, 2.05) is 0 Å². The number of halogens is 3. The lowest BCUT2D eigenvalue weighted by Crippen LogP contribution is -2.36. The van der Waals surface area contributed by atoms with E-state index in [-0.39, 0.29) is 22.3 Å². The van der Waals surface area contributed by atoms with E-state index in [1.54, 1.807) is 0 Å². The highest BCUT2D eigenvalue weighted by Crippen LogP contribution is 2.36. The predicted octanol–water partition coefficient (Wildman–Crippen LogP) is 1.45. The largest absolute Gasteiger partial charge is 0.405 e. The van der Waals surface area contributed by atoms with Gasteiger partial charge in [0.05, 0.1) is 4.90 Å². The smallest absolute Gasteiger partial charge is 0.399 e. The van der Waals surface area contributed by atoms with Gasteiger partial charge in [-0.1, -0.05) is 0 Å². The standard InChI is InChI=1S/C11H14F3N3O2S/c12-11(13,14)6-17(8-1-2-8)9-3-7(15)4-10(5-9)20(16,18)19/h3-5,8H,1-2,6,15H2,(H2,16,18,19). The molecule has 1 aliphatic carbocycles. The van der Waals surface area contributed by atoms with Gasteiger partial charge in [-0.2, -0.15) is 13.2 Å². The third kappa shape index (κ3) is 3.76. The summed E-state index contributed by atoms with van der Waals surface area (Å²) in [6.45, 7) is -1.15. The van der Waals surface area contributed by atoms with Crippen molar-refractivity contribution in [3.8, 4) is 0 Å². The van der Waals surface area contributed by atoms with E-state index in [4.69, 9.17) is 10.9 Å². The molecule has 0 spiro atoms. The van der Waals surface area contributed by atoms with Crippen molar-refractivity contribution in [2.75, 3.05) is 17.2 Å². The molecule has 1 aromatic carbocycles. The molecule has 0 amide bonds. The summed E-state index contributed by atoms with van der Waals surface area (Å²) < 4.78 is 60.4. The highest BCUT2D eigenvalue weighted by molar-refractivity contribution is 7.89. The molecular formula is C11H14F3N3O2S. The first-order valence-electron chi connectivity index (χ1n) is 5.83. The Morgan fingerprint density at radius 1 is 1.25 bits per heavy atom. The van der Waals surface area contributed by atoms with Gasteiger partial charge >= 0.3 is 6.18 Å². The van der Waals surface area contributed by atoms with Crippen molar-refractivity contribution in [1.82, 2.24) is 0 Å². The molecule has 9 heteroatoms. The summed E-state index contributed by atoms with van der Waals surface area (Å²) >= 11 is 0. The Labute approximate surface area is 114 Å². The van der Waals surface area contributed by atoms with Crippen LogP contribution in [0.4, 0.5) is 24.5 Å². The highest BCUT2D eigenvalue weighted by atomic mass is 32.2. The van der Waals surface area contributed by atoms with Crippen molar-refractivity contribution in [3.05, 3.63) is 18.2 Å². The molecule has 0 radical (unpaired) electrons. The van der Waals surface area contributed by atoms with Crippen molar-refractivity contribution in [2.24, 2.45) is 5.14 Å². The summed E-state index contributed by atoms with van der Waals surface area (Å²) in [5.41, 5.74) is 5.72. The zero-order valence-electron chi connectivity index (χ0n) is 10.4. The molecule has 0 unspecified atom stereocenters. The first kappa shape index (κ1) is 14.9.